The Morgan fingerprint density at radius 2 is 2.36 bits per heavy atom. The minimum absolute atomic E-state index is 0.0168. The van der Waals surface area contributed by atoms with Gasteiger partial charge in [0, 0.05) is 18.4 Å². The minimum Gasteiger partial charge on any atom is -0.347 e. The van der Waals surface area contributed by atoms with Crippen LogP contribution in [0.4, 0.5) is 0 Å². The highest BCUT2D eigenvalue weighted by atomic mass is 32.2. The van der Waals surface area contributed by atoms with E-state index >= 15 is 0 Å². The van der Waals surface area contributed by atoms with Gasteiger partial charge in [0.15, 0.2) is 0 Å². The Morgan fingerprint density at radius 1 is 1.57 bits per heavy atom. The zero-order chi connectivity index (χ0) is 10.4. The number of H-pyrrole nitrogens is 1. The van der Waals surface area contributed by atoms with Crippen molar-refractivity contribution in [3.8, 4) is 0 Å². The normalized spacial score (nSPS) is 11.8. The fourth-order valence-corrected chi connectivity index (χ4v) is 1.55. The Morgan fingerprint density at radius 3 is 2.93 bits per heavy atom. The van der Waals surface area contributed by atoms with Crippen molar-refractivity contribution in [1.29, 1.82) is 0 Å². The van der Waals surface area contributed by atoms with Gasteiger partial charge in [0.05, 0.1) is 12.1 Å². The Labute approximate surface area is 83.0 Å². The van der Waals surface area contributed by atoms with Crippen LogP contribution in [0.3, 0.4) is 0 Å². The number of rotatable bonds is 6. The smallest absolute Gasteiger partial charge is 0.209 e. The third-order valence-electron chi connectivity index (χ3n) is 1.65. The van der Waals surface area contributed by atoms with Crippen LogP contribution in [0.25, 0.3) is 0 Å². The van der Waals surface area contributed by atoms with E-state index < -0.39 is 10.0 Å². The summed E-state index contributed by atoms with van der Waals surface area (Å²) >= 11 is 0. The highest BCUT2D eigenvalue weighted by Gasteiger charge is 2.01. The van der Waals surface area contributed by atoms with Crippen molar-refractivity contribution in [2.45, 2.75) is 13.0 Å². The number of sulfonamides is 1. The van der Waals surface area contributed by atoms with Gasteiger partial charge in [-0.2, -0.15) is 0 Å². The molecule has 0 aromatic carbocycles. The van der Waals surface area contributed by atoms with Crippen LogP contribution < -0.4 is 10.5 Å². The van der Waals surface area contributed by atoms with Crippen molar-refractivity contribution >= 4 is 10.0 Å². The molecule has 0 aliphatic heterocycles. The van der Waals surface area contributed by atoms with Crippen LogP contribution in [0, 0.1) is 0 Å². The molecular weight excluding hydrogens is 204 g/mol. The maximum absolute atomic E-state index is 10.6. The second-order valence-electron chi connectivity index (χ2n) is 2.97. The number of primary sulfonamides is 1. The number of nitrogens with one attached hydrogen (secondary N) is 2. The molecule has 1 heterocycles. The summed E-state index contributed by atoms with van der Waals surface area (Å²) in [6, 6.07) is 0. The van der Waals surface area contributed by atoms with Gasteiger partial charge in [0.2, 0.25) is 10.0 Å². The molecule has 0 atom stereocenters. The molecule has 0 fully saturated rings. The lowest BCUT2D eigenvalue weighted by atomic mass is 10.4. The van der Waals surface area contributed by atoms with Crippen molar-refractivity contribution < 1.29 is 8.42 Å². The van der Waals surface area contributed by atoms with E-state index in [1.165, 1.54) is 0 Å². The van der Waals surface area contributed by atoms with E-state index in [0.717, 1.165) is 5.69 Å². The van der Waals surface area contributed by atoms with E-state index in [9.17, 15) is 8.42 Å². The Kier molecular flexibility index (Phi) is 4.05. The van der Waals surface area contributed by atoms with Gasteiger partial charge in [-0.05, 0) is 13.0 Å². The van der Waals surface area contributed by atoms with Gasteiger partial charge in [-0.25, -0.2) is 18.5 Å². The summed E-state index contributed by atoms with van der Waals surface area (Å²) in [6.45, 7) is 1.28. The van der Waals surface area contributed by atoms with E-state index in [-0.39, 0.29) is 5.75 Å². The average molecular weight is 218 g/mol. The van der Waals surface area contributed by atoms with Crippen LogP contribution in [-0.4, -0.2) is 30.7 Å². The molecule has 0 amide bonds. The molecule has 1 rings (SSSR count). The summed E-state index contributed by atoms with van der Waals surface area (Å²) in [5.41, 5.74) is 0.973. The molecule has 1 aromatic rings. The van der Waals surface area contributed by atoms with Gasteiger partial charge in [-0.1, -0.05) is 0 Å². The van der Waals surface area contributed by atoms with Crippen molar-refractivity contribution in [3.05, 3.63) is 18.2 Å². The van der Waals surface area contributed by atoms with Crippen molar-refractivity contribution in [2.75, 3.05) is 12.3 Å². The Bertz CT molecular complexity index is 346. The van der Waals surface area contributed by atoms with E-state index in [4.69, 9.17) is 5.14 Å². The summed E-state index contributed by atoms with van der Waals surface area (Å²) < 4.78 is 21.1. The van der Waals surface area contributed by atoms with Crippen molar-refractivity contribution in [2.24, 2.45) is 5.14 Å². The van der Waals surface area contributed by atoms with Crippen molar-refractivity contribution in [3.63, 3.8) is 0 Å². The minimum atomic E-state index is -3.32. The molecule has 0 radical (unpaired) electrons. The first-order valence-electron chi connectivity index (χ1n) is 4.26. The van der Waals surface area contributed by atoms with Gasteiger partial charge >= 0.3 is 0 Å². The standard InChI is InChI=1S/C7H14N4O2S/c8-14(12,13)3-1-2-9-4-7-5-10-6-11-7/h5-6,9H,1-4H2,(H,10,11)(H2,8,12,13). The summed E-state index contributed by atoms with van der Waals surface area (Å²) in [4.78, 5) is 6.78. The molecule has 0 bridgehead atoms. The van der Waals surface area contributed by atoms with E-state index in [1.54, 1.807) is 12.5 Å². The molecular formula is C7H14N4O2S. The molecule has 1 aromatic heterocycles. The third kappa shape index (κ3) is 4.95. The molecule has 80 valence electrons. The first-order chi connectivity index (χ1) is 6.58. The van der Waals surface area contributed by atoms with Gasteiger partial charge in [0.25, 0.3) is 0 Å². The van der Waals surface area contributed by atoms with Gasteiger partial charge in [-0.15, -0.1) is 0 Å². The molecule has 0 aliphatic carbocycles. The summed E-state index contributed by atoms with van der Waals surface area (Å²) in [6.07, 6.45) is 3.83. The summed E-state index contributed by atoms with van der Waals surface area (Å²) in [5, 5.41) is 7.91. The average Bonchev–Trinajstić information content (AvgIpc) is 2.54. The largest absolute Gasteiger partial charge is 0.347 e. The van der Waals surface area contributed by atoms with E-state index in [2.05, 4.69) is 15.3 Å². The topological polar surface area (TPSA) is 101 Å². The number of nitrogens with zero attached hydrogens (tertiary/aromatic N) is 1. The fraction of sp³-hybridized carbons (Fsp3) is 0.571. The first-order valence-corrected chi connectivity index (χ1v) is 5.98. The van der Waals surface area contributed by atoms with Crippen LogP contribution >= 0.6 is 0 Å². The second kappa shape index (κ2) is 5.08. The zero-order valence-corrected chi connectivity index (χ0v) is 8.55. The molecule has 14 heavy (non-hydrogen) atoms. The molecule has 7 heteroatoms. The molecule has 0 saturated carbocycles. The second-order valence-corrected chi connectivity index (χ2v) is 4.71. The van der Waals surface area contributed by atoms with E-state index in [1.807, 2.05) is 0 Å². The lowest BCUT2D eigenvalue weighted by molar-refractivity contribution is 0.590. The van der Waals surface area contributed by atoms with Crippen LogP contribution in [0.15, 0.2) is 12.5 Å². The van der Waals surface area contributed by atoms with Gasteiger partial charge in [0.1, 0.15) is 0 Å². The van der Waals surface area contributed by atoms with Crippen LogP contribution in [0.1, 0.15) is 12.1 Å². The molecule has 0 spiro atoms. The fourth-order valence-electron chi connectivity index (χ4n) is 1.00. The molecule has 4 N–H and O–H groups in total. The Balaban J connectivity index is 2.06. The quantitative estimate of drug-likeness (QED) is 0.543. The lowest BCUT2D eigenvalue weighted by Gasteiger charge is -2.01. The molecule has 0 saturated heterocycles. The number of aromatic nitrogens is 2. The number of imidazole rings is 1. The maximum Gasteiger partial charge on any atom is 0.209 e. The molecule has 0 unspecified atom stereocenters. The third-order valence-corrected chi connectivity index (χ3v) is 2.51. The predicted octanol–water partition coefficient (Wildman–Crippen LogP) is -0.822. The maximum atomic E-state index is 10.6. The SMILES string of the molecule is NS(=O)(=O)CCCNCc1cnc[nH]1. The molecule has 0 aliphatic rings. The van der Waals surface area contributed by atoms with Crippen molar-refractivity contribution in [1.82, 2.24) is 15.3 Å². The highest BCUT2D eigenvalue weighted by Crippen LogP contribution is 1.89. The summed E-state index contributed by atoms with van der Waals surface area (Å²) in [7, 11) is -3.32. The number of hydrogen-bond acceptors (Lipinski definition) is 4. The molecule has 6 nitrogen and oxygen atoms in total. The van der Waals surface area contributed by atoms with E-state index in [0.29, 0.717) is 19.5 Å². The monoisotopic (exact) mass is 218 g/mol. The Hall–Kier alpha value is -0.920. The van der Waals surface area contributed by atoms with Gasteiger partial charge in [-0.3, -0.25) is 0 Å². The lowest BCUT2D eigenvalue weighted by Crippen LogP contribution is -2.22. The number of nitrogens with two attached hydrogens (primary N) is 1. The van der Waals surface area contributed by atoms with Crippen LogP contribution in [0.5, 0.6) is 0 Å². The first kappa shape index (κ1) is 11.2. The summed E-state index contributed by atoms with van der Waals surface area (Å²) in [5.74, 6) is 0.0168. The highest BCUT2D eigenvalue weighted by molar-refractivity contribution is 7.89. The zero-order valence-electron chi connectivity index (χ0n) is 7.73. The van der Waals surface area contributed by atoms with Crippen LogP contribution in [0.2, 0.25) is 0 Å². The van der Waals surface area contributed by atoms with Crippen LogP contribution in [-0.2, 0) is 16.6 Å². The predicted molar refractivity (Wildman–Crippen MR) is 52.9 cm³/mol. The number of hydrogen-bond donors (Lipinski definition) is 3. The number of aromatic amines is 1. The van der Waals surface area contributed by atoms with Gasteiger partial charge < -0.3 is 10.3 Å².